The molecule has 2 saturated heterocycles. The van der Waals surface area contributed by atoms with Gasteiger partial charge in [-0.05, 0) is 41.5 Å². The van der Waals surface area contributed by atoms with Gasteiger partial charge in [0.05, 0.1) is 32.5 Å². The smallest absolute Gasteiger partial charge is 0.410 e. The fraction of sp³-hybridized carbons (Fsp3) is 0.875. The Morgan fingerprint density at radius 2 is 1.73 bits per heavy atom. The molecule has 0 spiro atoms. The predicted octanol–water partition coefficient (Wildman–Crippen LogP) is 0.319. The zero-order valence-electron chi connectivity index (χ0n) is 22.8. The van der Waals surface area contributed by atoms with Crippen LogP contribution in [0.25, 0.3) is 0 Å². The molecule has 214 valence electrons. The van der Waals surface area contributed by atoms with Crippen LogP contribution in [-0.2, 0) is 28.5 Å². The maximum Gasteiger partial charge on any atom is 0.410 e. The fourth-order valence-electron chi connectivity index (χ4n) is 4.55. The Balaban J connectivity index is 2.35. The second kappa shape index (κ2) is 11.7. The van der Waals surface area contributed by atoms with E-state index in [9.17, 15) is 29.7 Å². The van der Waals surface area contributed by atoms with Gasteiger partial charge >= 0.3 is 18.2 Å². The van der Waals surface area contributed by atoms with Crippen molar-refractivity contribution in [1.29, 1.82) is 0 Å². The molecular weight excluding hydrogens is 492 g/mol. The molecule has 2 rings (SSSR count). The van der Waals surface area contributed by atoms with Crippen LogP contribution in [0.4, 0.5) is 9.59 Å². The lowest BCUT2D eigenvalue weighted by Crippen LogP contribution is -2.60. The second-order valence-corrected chi connectivity index (χ2v) is 11.5. The maximum atomic E-state index is 12.8. The number of ether oxygens (including phenoxy) is 5. The monoisotopic (exact) mass is 534 g/mol. The molecule has 37 heavy (non-hydrogen) atoms. The van der Waals surface area contributed by atoms with Crippen LogP contribution in [0.15, 0.2) is 0 Å². The lowest BCUT2D eigenvalue weighted by molar-refractivity contribution is -0.186. The minimum absolute atomic E-state index is 0.00569. The van der Waals surface area contributed by atoms with Crippen molar-refractivity contribution in [2.75, 3.05) is 27.4 Å². The third kappa shape index (κ3) is 7.90. The number of nitrogens with zero attached hydrogens (tertiary/aromatic N) is 1. The summed E-state index contributed by atoms with van der Waals surface area (Å²) < 4.78 is 27.5. The zero-order valence-corrected chi connectivity index (χ0v) is 22.8. The first-order valence-electron chi connectivity index (χ1n) is 12.2. The number of nitrogens with one attached hydrogen (secondary N) is 1. The van der Waals surface area contributed by atoms with Crippen LogP contribution < -0.4 is 5.32 Å². The van der Waals surface area contributed by atoms with Crippen molar-refractivity contribution in [2.24, 2.45) is 0 Å². The maximum absolute atomic E-state index is 12.8. The highest BCUT2D eigenvalue weighted by atomic mass is 16.6. The largest absolute Gasteiger partial charge is 0.467 e. The Bertz CT molecular complexity index is 824. The summed E-state index contributed by atoms with van der Waals surface area (Å²) in [6, 6.07) is -2.23. The highest BCUT2D eigenvalue weighted by Gasteiger charge is 2.59. The van der Waals surface area contributed by atoms with Gasteiger partial charge in [-0.25, -0.2) is 14.4 Å². The first-order chi connectivity index (χ1) is 16.9. The van der Waals surface area contributed by atoms with Crippen molar-refractivity contribution in [3.05, 3.63) is 0 Å². The molecule has 2 amide bonds. The van der Waals surface area contributed by atoms with E-state index < -0.39 is 78.1 Å². The summed E-state index contributed by atoms with van der Waals surface area (Å²) in [4.78, 5) is 39.0. The van der Waals surface area contributed by atoms with Gasteiger partial charge in [0.15, 0.2) is 0 Å². The van der Waals surface area contributed by atoms with E-state index in [0.717, 1.165) is 7.11 Å². The number of carbonyl (C=O) groups excluding carboxylic acids is 3. The fourth-order valence-corrected chi connectivity index (χ4v) is 4.55. The summed E-state index contributed by atoms with van der Waals surface area (Å²) in [5.74, 6) is -0.822. The first-order valence-corrected chi connectivity index (χ1v) is 12.2. The normalized spacial score (nSPS) is 29.5. The number of methoxy groups -OCH3 is 1. The van der Waals surface area contributed by atoms with Crippen molar-refractivity contribution in [2.45, 2.75) is 108 Å². The Kier molecular flexibility index (Phi) is 9.80. The first kappa shape index (κ1) is 31.0. The molecule has 2 aliphatic rings. The van der Waals surface area contributed by atoms with E-state index >= 15 is 0 Å². The van der Waals surface area contributed by atoms with Gasteiger partial charge in [0.2, 0.25) is 0 Å². The van der Waals surface area contributed by atoms with Gasteiger partial charge in [-0.15, -0.1) is 0 Å². The molecule has 13 nitrogen and oxygen atoms in total. The number of likely N-dealkylation sites (N-methyl/N-ethyl adjacent to an activating group) is 1. The van der Waals surface area contributed by atoms with Crippen LogP contribution in [-0.4, -0.2) is 119 Å². The molecule has 0 unspecified atom stereocenters. The molecule has 0 aromatic heterocycles. The van der Waals surface area contributed by atoms with Gasteiger partial charge in [0.1, 0.15) is 41.2 Å². The molecule has 0 aromatic rings. The Hall–Kier alpha value is -2.19. The summed E-state index contributed by atoms with van der Waals surface area (Å²) in [5, 5.41) is 33.8. The van der Waals surface area contributed by atoms with E-state index in [4.69, 9.17) is 23.7 Å². The van der Waals surface area contributed by atoms with Gasteiger partial charge in [-0.2, -0.15) is 0 Å². The number of hydrogen-bond donors (Lipinski definition) is 4. The molecular formula is C24H42N2O11. The van der Waals surface area contributed by atoms with Crippen LogP contribution in [0.3, 0.4) is 0 Å². The van der Waals surface area contributed by atoms with Crippen molar-refractivity contribution < 1.29 is 53.4 Å². The second-order valence-electron chi connectivity index (χ2n) is 11.5. The van der Waals surface area contributed by atoms with E-state index in [0.29, 0.717) is 0 Å². The summed E-state index contributed by atoms with van der Waals surface area (Å²) in [6.07, 6.45) is -6.19. The minimum Gasteiger partial charge on any atom is -0.467 e. The number of hydrogen-bond acceptors (Lipinski definition) is 11. The quantitative estimate of drug-likeness (QED) is 0.262. The van der Waals surface area contributed by atoms with Gasteiger partial charge in [0.25, 0.3) is 0 Å². The average Bonchev–Trinajstić information content (AvgIpc) is 3.13. The third-order valence-electron chi connectivity index (χ3n) is 6.13. The molecule has 2 fully saturated rings. The molecule has 0 bridgehead atoms. The number of aliphatic hydroxyl groups excluding tert-OH is 3. The number of carbonyl (C=O) groups is 3. The van der Waals surface area contributed by atoms with E-state index in [1.54, 1.807) is 41.5 Å². The van der Waals surface area contributed by atoms with Crippen LogP contribution in [0, 0.1) is 0 Å². The third-order valence-corrected chi connectivity index (χ3v) is 6.13. The van der Waals surface area contributed by atoms with Gasteiger partial charge < -0.3 is 49.2 Å². The molecule has 2 heterocycles. The number of esters is 1. The van der Waals surface area contributed by atoms with Crippen LogP contribution in [0.5, 0.6) is 0 Å². The summed E-state index contributed by atoms with van der Waals surface area (Å²) in [7, 11) is 2.60. The van der Waals surface area contributed by atoms with E-state index in [2.05, 4.69) is 5.32 Å². The van der Waals surface area contributed by atoms with Crippen molar-refractivity contribution in [1.82, 2.24) is 10.2 Å². The van der Waals surface area contributed by atoms with Crippen molar-refractivity contribution in [3.63, 3.8) is 0 Å². The number of amides is 2. The number of fused-ring (bicyclic) bond motifs is 1. The molecule has 4 N–H and O–H groups in total. The summed E-state index contributed by atoms with van der Waals surface area (Å²) >= 11 is 0. The number of alkyl carbamates (subject to hydrolysis) is 1. The van der Waals surface area contributed by atoms with Gasteiger partial charge in [0, 0.05) is 19.9 Å². The Morgan fingerprint density at radius 3 is 2.24 bits per heavy atom. The Labute approximate surface area is 217 Å². The summed E-state index contributed by atoms with van der Waals surface area (Å²) in [6.45, 7) is 9.26. The molecule has 0 aromatic carbocycles. The topological polar surface area (TPSA) is 173 Å². The lowest BCUT2D eigenvalue weighted by Gasteiger charge is -2.42. The zero-order chi connectivity index (χ0) is 28.3. The van der Waals surface area contributed by atoms with Gasteiger partial charge in [-0.3, -0.25) is 0 Å². The van der Waals surface area contributed by atoms with Crippen LogP contribution in [0.1, 0.15) is 54.4 Å². The minimum atomic E-state index is -1.60. The molecule has 13 heteroatoms. The number of rotatable bonds is 7. The molecule has 0 aliphatic carbocycles. The summed E-state index contributed by atoms with van der Waals surface area (Å²) in [5.41, 5.74) is -3.22. The highest BCUT2D eigenvalue weighted by molar-refractivity contribution is 5.81. The molecule has 7 atom stereocenters. The predicted molar refractivity (Wildman–Crippen MR) is 129 cm³/mol. The number of aliphatic hydroxyl groups is 3. The highest BCUT2D eigenvalue weighted by Crippen LogP contribution is 2.43. The van der Waals surface area contributed by atoms with E-state index in [1.165, 1.54) is 11.9 Å². The van der Waals surface area contributed by atoms with E-state index in [-0.39, 0.29) is 19.4 Å². The standard InChI is InChI=1S/C24H42N2O11/c1-22(2,3)36-20(31)25-13(19(30)33-8)9-24(16(29)11-27)10-15-18(35-24)17(14(28)12-34-15)26(7)21(32)37-23(4,5)6/h13-18,27-29H,9-12H2,1-8H3,(H,25,31)/t13-,14+,15+,16-,17+,18-,24+/m0/s1. The van der Waals surface area contributed by atoms with Crippen LogP contribution >= 0.6 is 0 Å². The molecule has 0 radical (unpaired) electrons. The van der Waals surface area contributed by atoms with Crippen LogP contribution in [0.2, 0.25) is 0 Å². The van der Waals surface area contributed by atoms with Gasteiger partial charge in [-0.1, -0.05) is 0 Å². The van der Waals surface area contributed by atoms with Crippen molar-refractivity contribution >= 4 is 18.2 Å². The molecule has 2 aliphatic heterocycles. The van der Waals surface area contributed by atoms with E-state index in [1.807, 2.05) is 0 Å². The molecule has 0 saturated carbocycles. The van der Waals surface area contributed by atoms with Crippen molar-refractivity contribution in [3.8, 4) is 0 Å². The average molecular weight is 535 g/mol. The lowest BCUT2D eigenvalue weighted by atomic mass is 9.84. The SMILES string of the molecule is COC(=O)[C@H](C[C@]1([C@@H](O)CO)C[C@H]2OC[C@@H](O)[C@@H](N(C)C(=O)OC(C)(C)C)[C@H]2O1)NC(=O)OC(C)(C)C. The Morgan fingerprint density at radius 1 is 1.14 bits per heavy atom.